The molecule has 2 N–H and O–H groups in total. The lowest BCUT2D eigenvalue weighted by Gasteiger charge is -2.34. The third kappa shape index (κ3) is 3.60. The van der Waals surface area contributed by atoms with Crippen molar-refractivity contribution >= 4 is 28.1 Å². The fourth-order valence-electron chi connectivity index (χ4n) is 3.12. The zero-order valence-corrected chi connectivity index (χ0v) is 15.9. The first-order valence-electron chi connectivity index (χ1n) is 9.05. The lowest BCUT2D eigenvalue weighted by atomic mass is 9.85. The molecule has 29 heavy (non-hydrogen) atoms. The molecule has 7 nitrogen and oxygen atoms in total. The molecule has 146 valence electrons. The van der Waals surface area contributed by atoms with E-state index in [0.717, 1.165) is 13.1 Å². The molecule has 0 spiro atoms. The Balaban J connectivity index is 1.81. The molecule has 1 aliphatic heterocycles. The summed E-state index contributed by atoms with van der Waals surface area (Å²) in [6.45, 7) is 5.16. The molecule has 4 rings (SSSR count). The number of nitrogens with one attached hydrogen (secondary N) is 2. The van der Waals surface area contributed by atoms with Crippen LogP contribution in [0.1, 0.15) is 18.1 Å². The third-order valence-electron chi connectivity index (χ3n) is 4.92. The number of hydrogen-bond acceptors (Lipinski definition) is 6. The molecular weight excluding hydrogens is 373 g/mol. The van der Waals surface area contributed by atoms with E-state index in [9.17, 15) is 14.5 Å². The highest BCUT2D eigenvalue weighted by atomic mass is 19.1. The van der Waals surface area contributed by atoms with Crippen molar-refractivity contribution in [3.05, 3.63) is 63.7 Å². The summed E-state index contributed by atoms with van der Waals surface area (Å²) in [7, 11) is 0. The summed E-state index contributed by atoms with van der Waals surface area (Å²) in [5.74, 6) is 5.94. The number of anilines is 2. The van der Waals surface area contributed by atoms with E-state index in [1.165, 1.54) is 12.4 Å². The van der Waals surface area contributed by atoms with Crippen molar-refractivity contribution in [2.75, 3.05) is 18.4 Å². The molecule has 0 atom stereocenters. The van der Waals surface area contributed by atoms with Crippen molar-refractivity contribution in [2.45, 2.75) is 13.8 Å². The van der Waals surface area contributed by atoms with Gasteiger partial charge in [0.15, 0.2) is 0 Å². The Morgan fingerprint density at radius 2 is 2.10 bits per heavy atom. The van der Waals surface area contributed by atoms with Crippen LogP contribution in [0.4, 0.5) is 21.6 Å². The van der Waals surface area contributed by atoms with Gasteiger partial charge in [0.05, 0.1) is 21.5 Å². The molecule has 0 amide bonds. The summed E-state index contributed by atoms with van der Waals surface area (Å²) in [6, 6.07) is 7.92. The van der Waals surface area contributed by atoms with Crippen LogP contribution in [0, 0.1) is 40.1 Å². The molecule has 1 aromatic heterocycles. The number of aryl methyl sites for hydroxylation is 1. The Morgan fingerprint density at radius 3 is 2.79 bits per heavy atom. The molecular formula is C21H18FN5O2. The first kappa shape index (κ1) is 18.8. The first-order valence-corrected chi connectivity index (χ1v) is 9.05. The van der Waals surface area contributed by atoms with E-state index in [1.54, 1.807) is 31.2 Å². The zero-order valence-electron chi connectivity index (χ0n) is 15.9. The molecule has 0 saturated carbocycles. The lowest BCUT2D eigenvalue weighted by Crippen LogP contribution is -2.50. The summed E-state index contributed by atoms with van der Waals surface area (Å²) >= 11 is 0. The molecule has 1 fully saturated rings. The predicted octanol–water partition coefficient (Wildman–Crippen LogP) is 3.69. The third-order valence-corrected chi connectivity index (χ3v) is 4.92. The van der Waals surface area contributed by atoms with E-state index in [1.807, 2.05) is 6.92 Å². The Kier molecular flexibility index (Phi) is 4.60. The number of benzene rings is 2. The van der Waals surface area contributed by atoms with Gasteiger partial charge in [0, 0.05) is 24.5 Å². The van der Waals surface area contributed by atoms with Gasteiger partial charge in [0.25, 0.3) is 5.69 Å². The zero-order chi connectivity index (χ0) is 20.6. The number of fused-ring (bicyclic) bond motifs is 1. The summed E-state index contributed by atoms with van der Waals surface area (Å²) in [4.78, 5) is 19.5. The second-order valence-electron chi connectivity index (χ2n) is 7.34. The van der Waals surface area contributed by atoms with E-state index in [2.05, 4.69) is 32.4 Å². The molecule has 0 radical (unpaired) electrons. The van der Waals surface area contributed by atoms with Gasteiger partial charge in [0.1, 0.15) is 23.5 Å². The highest BCUT2D eigenvalue weighted by Gasteiger charge is 2.29. The molecule has 2 aromatic carbocycles. The first-order chi connectivity index (χ1) is 13.9. The van der Waals surface area contributed by atoms with Crippen LogP contribution in [0.5, 0.6) is 0 Å². The highest BCUT2D eigenvalue weighted by molar-refractivity contribution is 5.93. The number of nitrogens with zero attached hydrogens (tertiary/aromatic N) is 3. The fourth-order valence-corrected chi connectivity index (χ4v) is 3.12. The van der Waals surface area contributed by atoms with Crippen LogP contribution >= 0.6 is 0 Å². The van der Waals surface area contributed by atoms with Crippen LogP contribution in [-0.2, 0) is 0 Å². The summed E-state index contributed by atoms with van der Waals surface area (Å²) in [5, 5.41) is 18.1. The minimum absolute atomic E-state index is 0.136. The van der Waals surface area contributed by atoms with Crippen LogP contribution in [0.3, 0.4) is 0 Å². The van der Waals surface area contributed by atoms with Gasteiger partial charge in [-0.05, 0) is 31.5 Å². The van der Waals surface area contributed by atoms with Crippen molar-refractivity contribution < 1.29 is 9.31 Å². The van der Waals surface area contributed by atoms with Crippen molar-refractivity contribution in [1.29, 1.82) is 0 Å². The van der Waals surface area contributed by atoms with Gasteiger partial charge in [-0.1, -0.05) is 24.0 Å². The second kappa shape index (κ2) is 7.11. The van der Waals surface area contributed by atoms with Crippen LogP contribution in [0.25, 0.3) is 10.9 Å². The largest absolute Gasteiger partial charge is 0.337 e. The normalized spacial score (nSPS) is 14.6. The van der Waals surface area contributed by atoms with E-state index < -0.39 is 10.7 Å². The van der Waals surface area contributed by atoms with Gasteiger partial charge in [-0.2, -0.15) is 0 Å². The second-order valence-corrected chi connectivity index (χ2v) is 7.34. The number of rotatable bonds is 3. The standard InChI is InChI=1S/C21H18FN5O2/c1-13-4-3-5-16(19(13)22)26-20-15-9-18(27(28)29)14(8-17(15)24-12-25-20)6-7-21(2)10-23-11-21/h3-5,8-9,12,23H,10-11H2,1-2H3,(H,24,25,26). The van der Waals surface area contributed by atoms with Crippen LogP contribution in [0.2, 0.25) is 0 Å². The van der Waals surface area contributed by atoms with Gasteiger partial charge in [-0.3, -0.25) is 10.1 Å². The topological polar surface area (TPSA) is 93.0 Å². The van der Waals surface area contributed by atoms with Gasteiger partial charge in [-0.25, -0.2) is 14.4 Å². The summed E-state index contributed by atoms with van der Waals surface area (Å²) in [5.41, 5.74) is 1.18. The minimum atomic E-state index is -0.477. The van der Waals surface area contributed by atoms with E-state index >= 15 is 0 Å². The average Bonchev–Trinajstić information content (AvgIpc) is 2.67. The number of hydrogen-bond donors (Lipinski definition) is 2. The van der Waals surface area contributed by atoms with Gasteiger partial charge in [-0.15, -0.1) is 0 Å². The summed E-state index contributed by atoms with van der Waals surface area (Å²) in [6.07, 6.45) is 1.33. The minimum Gasteiger partial charge on any atom is -0.337 e. The number of halogens is 1. The van der Waals surface area contributed by atoms with Crippen LogP contribution in [0.15, 0.2) is 36.7 Å². The Bertz CT molecular complexity index is 1190. The quantitative estimate of drug-likeness (QED) is 0.402. The van der Waals surface area contributed by atoms with Gasteiger partial charge >= 0.3 is 0 Å². The fraction of sp³-hybridized carbons (Fsp3) is 0.238. The lowest BCUT2D eigenvalue weighted by molar-refractivity contribution is -0.385. The number of aromatic nitrogens is 2. The van der Waals surface area contributed by atoms with Crippen molar-refractivity contribution in [1.82, 2.24) is 15.3 Å². The highest BCUT2D eigenvalue weighted by Crippen LogP contribution is 2.31. The van der Waals surface area contributed by atoms with Crippen LogP contribution in [-0.4, -0.2) is 28.0 Å². The predicted molar refractivity (Wildman–Crippen MR) is 108 cm³/mol. The monoisotopic (exact) mass is 391 g/mol. The number of nitro benzene ring substituents is 1. The van der Waals surface area contributed by atoms with E-state index in [-0.39, 0.29) is 22.6 Å². The maximum atomic E-state index is 14.4. The summed E-state index contributed by atoms with van der Waals surface area (Å²) < 4.78 is 14.4. The van der Waals surface area contributed by atoms with Crippen molar-refractivity contribution in [3.8, 4) is 11.8 Å². The van der Waals surface area contributed by atoms with Gasteiger partial charge in [0.2, 0.25) is 0 Å². The molecule has 1 aliphatic rings. The molecule has 0 aliphatic carbocycles. The molecule has 1 saturated heterocycles. The Labute approximate surface area is 166 Å². The molecule has 8 heteroatoms. The maximum Gasteiger partial charge on any atom is 0.285 e. The Morgan fingerprint density at radius 1 is 1.31 bits per heavy atom. The van der Waals surface area contributed by atoms with Crippen molar-refractivity contribution in [3.63, 3.8) is 0 Å². The average molecular weight is 391 g/mol. The maximum absolute atomic E-state index is 14.4. The molecule has 0 unspecified atom stereocenters. The van der Waals surface area contributed by atoms with E-state index in [4.69, 9.17) is 0 Å². The van der Waals surface area contributed by atoms with Gasteiger partial charge < -0.3 is 10.6 Å². The molecule has 0 bridgehead atoms. The molecule has 2 heterocycles. The Hall–Kier alpha value is -3.57. The van der Waals surface area contributed by atoms with E-state index in [0.29, 0.717) is 22.0 Å². The van der Waals surface area contributed by atoms with Crippen LogP contribution < -0.4 is 10.6 Å². The molecule has 3 aromatic rings. The van der Waals surface area contributed by atoms with Crippen molar-refractivity contribution in [2.24, 2.45) is 5.41 Å². The number of nitro groups is 1. The SMILES string of the molecule is Cc1cccc(Nc2ncnc3cc(C#CC4(C)CNC4)c([N+](=O)[O-])cc23)c1F. The smallest absolute Gasteiger partial charge is 0.285 e.